The SMILES string of the molecule is CCC(C#N)S(=O)(=O)NC1CC1C. The number of nitrogens with zero attached hydrogens (tertiary/aromatic N) is 1. The van der Waals surface area contributed by atoms with Crippen LogP contribution in [-0.4, -0.2) is 19.7 Å². The van der Waals surface area contributed by atoms with Crippen LogP contribution in [0.2, 0.25) is 0 Å². The van der Waals surface area contributed by atoms with Gasteiger partial charge in [-0.1, -0.05) is 13.8 Å². The third-order valence-electron chi connectivity index (χ3n) is 2.31. The van der Waals surface area contributed by atoms with E-state index in [-0.39, 0.29) is 6.04 Å². The van der Waals surface area contributed by atoms with Crippen LogP contribution >= 0.6 is 0 Å². The van der Waals surface area contributed by atoms with Crippen LogP contribution in [0.25, 0.3) is 0 Å². The topological polar surface area (TPSA) is 70.0 Å². The van der Waals surface area contributed by atoms with Gasteiger partial charge < -0.3 is 0 Å². The summed E-state index contributed by atoms with van der Waals surface area (Å²) in [6.07, 6.45) is 1.23. The molecule has 1 N–H and O–H groups in total. The molecule has 74 valence electrons. The van der Waals surface area contributed by atoms with Gasteiger partial charge in [-0.15, -0.1) is 0 Å². The first-order valence-electron chi connectivity index (χ1n) is 4.42. The molecular formula is C8H14N2O2S. The van der Waals surface area contributed by atoms with Gasteiger partial charge in [-0.3, -0.25) is 0 Å². The number of sulfonamides is 1. The Labute approximate surface area is 79.0 Å². The van der Waals surface area contributed by atoms with Crippen LogP contribution in [0.3, 0.4) is 0 Å². The summed E-state index contributed by atoms with van der Waals surface area (Å²) in [4.78, 5) is 0. The molecule has 0 saturated heterocycles. The second-order valence-electron chi connectivity index (χ2n) is 3.51. The van der Waals surface area contributed by atoms with Gasteiger partial charge in [0.05, 0.1) is 6.07 Å². The molecular weight excluding hydrogens is 188 g/mol. The average Bonchev–Trinajstić information content (AvgIpc) is 2.66. The molecule has 1 fully saturated rings. The Kier molecular flexibility index (Phi) is 2.94. The van der Waals surface area contributed by atoms with Crippen molar-refractivity contribution < 1.29 is 8.42 Å². The van der Waals surface area contributed by atoms with E-state index in [2.05, 4.69) is 4.72 Å². The Balaban J connectivity index is 2.60. The maximum absolute atomic E-state index is 11.5. The predicted molar refractivity (Wildman–Crippen MR) is 49.3 cm³/mol. The van der Waals surface area contributed by atoms with Crippen LogP contribution in [0.15, 0.2) is 0 Å². The zero-order valence-corrected chi connectivity index (χ0v) is 8.63. The summed E-state index contributed by atoms with van der Waals surface area (Å²) in [5.41, 5.74) is 0. The number of hydrogen-bond donors (Lipinski definition) is 1. The van der Waals surface area contributed by atoms with Crippen LogP contribution < -0.4 is 4.72 Å². The first-order valence-corrected chi connectivity index (χ1v) is 5.96. The first-order chi connectivity index (χ1) is 6.01. The monoisotopic (exact) mass is 202 g/mol. The molecule has 3 unspecified atom stereocenters. The highest BCUT2D eigenvalue weighted by molar-refractivity contribution is 7.90. The highest BCUT2D eigenvalue weighted by Gasteiger charge is 2.38. The molecule has 1 aliphatic rings. The van der Waals surface area contributed by atoms with Gasteiger partial charge >= 0.3 is 0 Å². The second-order valence-corrected chi connectivity index (χ2v) is 5.40. The summed E-state index contributed by atoms with van der Waals surface area (Å²) in [5.74, 6) is 0.422. The van der Waals surface area contributed by atoms with E-state index in [0.717, 1.165) is 6.42 Å². The molecule has 3 atom stereocenters. The van der Waals surface area contributed by atoms with E-state index in [4.69, 9.17) is 5.26 Å². The van der Waals surface area contributed by atoms with E-state index >= 15 is 0 Å². The standard InChI is InChI=1S/C8H14N2O2S/c1-3-7(5-9)13(11,12)10-8-4-6(8)2/h6-8,10H,3-4H2,1-2H3. The van der Waals surface area contributed by atoms with Crippen molar-refractivity contribution in [3.8, 4) is 6.07 Å². The summed E-state index contributed by atoms with van der Waals surface area (Å²) in [7, 11) is -3.40. The van der Waals surface area contributed by atoms with E-state index < -0.39 is 15.3 Å². The lowest BCUT2D eigenvalue weighted by atomic mass is 10.4. The Hall–Kier alpha value is -0.600. The van der Waals surface area contributed by atoms with Crippen molar-refractivity contribution in [2.75, 3.05) is 0 Å². The van der Waals surface area contributed by atoms with Gasteiger partial charge in [0.25, 0.3) is 0 Å². The molecule has 0 bridgehead atoms. The smallest absolute Gasteiger partial charge is 0.211 e. The lowest BCUT2D eigenvalue weighted by Crippen LogP contribution is -2.35. The molecule has 0 aromatic rings. The fourth-order valence-electron chi connectivity index (χ4n) is 1.16. The summed E-state index contributed by atoms with van der Waals surface area (Å²) in [5, 5.41) is 7.69. The Morgan fingerprint density at radius 3 is 2.54 bits per heavy atom. The number of rotatable bonds is 4. The summed E-state index contributed by atoms with van der Waals surface area (Å²) in [6, 6.07) is 1.85. The minimum Gasteiger partial charge on any atom is -0.211 e. The quantitative estimate of drug-likeness (QED) is 0.726. The zero-order chi connectivity index (χ0) is 10.1. The number of hydrogen-bond acceptors (Lipinski definition) is 3. The van der Waals surface area contributed by atoms with Crippen molar-refractivity contribution in [1.82, 2.24) is 4.72 Å². The van der Waals surface area contributed by atoms with Crippen LogP contribution in [0.5, 0.6) is 0 Å². The van der Waals surface area contributed by atoms with Crippen molar-refractivity contribution >= 4 is 10.0 Å². The van der Waals surface area contributed by atoms with Gasteiger partial charge in [0, 0.05) is 6.04 Å². The molecule has 4 nitrogen and oxygen atoms in total. The molecule has 0 aromatic heterocycles. The minimum absolute atomic E-state index is 0.0624. The molecule has 5 heteroatoms. The van der Waals surface area contributed by atoms with E-state index in [0.29, 0.717) is 12.3 Å². The summed E-state index contributed by atoms with van der Waals surface area (Å²) < 4.78 is 25.4. The van der Waals surface area contributed by atoms with Gasteiger partial charge in [0.1, 0.15) is 0 Å². The third kappa shape index (κ3) is 2.42. The van der Waals surface area contributed by atoms with Gasteiger partial charge in [0.2, 0.25) is 10.0 Å². The Bertz CT molecular complexity index is 318. The van der Waals surface area contributed by atoms with E-state index in [1.807, 2.05) is 6.92 Å². The summed E-state index contributed by atoms with van der Waals surface area (Å²) >= 11 is 0. The lowest BCUT2D eigenvalue weighted by Gasteiger charge is -2.08. The van der Waals surface area contributed by atoms with Crippen LogP contribution in [-0.2, 0) is 10.0 Å². The van der Waals surface area contributed by atoms with Crippen LogP contribution in [0.1, 0.15) is 26.7 Å². The molecule has 1 rings (SSSR count). The molecule has 0 aliphatic heterocycles. The van der Waals surface area contributed by atoms with Crippen molar-refractivity contribution in [2.45, 2.75) is 38.0 Å². The van der Waals surface area contributed by atoms with Gasteiger partial charge in [-0.2, -0.15) is 5.26 Å². The fourth-order valence-corrected chi connectivity index (χ4v) is 2.65. The fraction of sp³-hybridized carbons (Fsp3) is 0.875. The highest BCUT2D eigenvalue weighted by Crippen LogP contribution is 2.30. The Morgan fingerprint density at radius 2 is 2.23 bits per heavy atom. The molecule has 0 spiro atoms. The van der Waals surface area contributed by atoms with Crippen molar-refractivity contribution in [2.24, 2.45) is 5.92 Å². The highest BCUT2D eigenvalue weighted by atomic mass is 32.2. The maximum Gasteiger partial charge on any atom is 0.228 e. The second kappa shape index (κ2) is 3.64. The zero-order valence-electron chi connectivity index (χ0n) is 7.82. The summed E-state index contributed by atoms with van der Waals surface area (Å²) in [6.45, 7) is 3.68. The molecule has 13 heavy (non-hydrogen) atoms. The predicted octanol–water partition coefficient (Wildman–Crippen LogP) is 0.616. The number of nitriles is 1. The van der Waals surface area contributed by atoms with E-state index in [1.54, 1.807) is 13.0 Å². The van der Waals surface area contributed by atoms with Crippen molar-refractivity contribution in [3.63, 3.8) is 0 Å². The first kappa shape index (κ1) is 10.5. The third-order valence-corrected chi connectivity index (χ3v) is 4.13. The normalized spacial score (nSPS) is 29.3. The maximum atomic E-state index is 11.5. The molecule has 0 radical (unpaired) electrons. The molecule has 1 saturated carbocycles. The van der Waals surface area contributed by atoms with Crippen LogP contribution in [0, 0.1) is 17.2 Å². The molecule has 1 aliphatic carbocycles. The molecule has 0 heterocycles. The average molecular weight is 202 g/mol. The number of nitrogens with one attached hydrogen (secondary N) is 1. The largest absolute Gasteiger partial charge is 0.228 e. The lowest BCUT2D eigenvalue weighted by molar-refractivity contribution is 0.569. The molecule has 0 aromatic carbocycles. The van der Waals surface area contributed by atoms with Crippen molar-refractivity contribution in [1.29, 1.82) is 5.26 Å². The Morgan fingerprint density at radius 1 is 1.69 bits per heavy atom. The van der Waals surface area contributed by atoms with E-state index in [1.165, 1.54) is 0 Å². The van der Waals surface area contributed by atoms with Crippen LogP contribution in [0.4, 0.5) is 0 Å². The van der Waals surface area contributed by atoms with Gasteiger partial charge in [-0.05, 0) is 18.8 Å². The van der Waals surface area contributed by atoms with Crippen molar-refractivity contribution in [3.05, 3.63) is 0 Å². The van der Waals surface area contributed by atoms with E-state index in [9.17, 15) is 8.42 Å². The minimum atomic E-state index is -3.40. The van der Waals surface area contributed by atoms with Gasteiger partial charge in [-0.25, -0.2) is 13.1 Å². The molecule has 0 amide bonds. The van der Waals surface area contributed by atoms with Gasteiger partial charge in [0.15, 0.2) is 5.25 Å².